The molecule has 1 heterocycles. The summed E-state index contributed by atoms with van der Waals surface area (Å²) in [5.41, 5.74) is 1.83. The molecule has 0 saturated heterocycles. The Morgan fingerprint density at radius 1 is 1.04 bits per heavy atom. The smallest absolute Gasteiger partial charge is 0.347 e. The molecule has 0 fully saturated rings. The van der Waals surface area contributed by atoms with Crippen LogP contribution >= 0.6 is 0 Å². The number of carbonyl (C=O) groups excluding carboxylic acids is 3. The zero-order valence-corrected chi connectivity index (χ0v) is 15.9. The minimum Gasteiger partial charge on any atom is -0.479 e. The molecule has 2 rings (SSSR count). The summed E-state index contributed by atoms with van der Waals surface area (Å²) in [4.78, 5) is 39.4. The molecule has 0 bridgehead atoms. The Hall–Kier alpha value is -2.96. The molecular weight excluding hydrogens is 353 g/mol. The van der Waals surface area contributed by atoms with Crippen molar-refractivity contribution in [3.63, 3.8) is 0 Å². The van der Waals surface area contributed by atoms with Crippen LogP contribution in [0.3, 0.4) is 0 Å². The highest BCUT2D eigenvalue weighted by Gasteiger charge is 2.28. The first kappa shape index (κ1) is 20.4. The van der Waals surface area contributed by atoms with E-state index in [1.807, 2.05) is 0 Å². The summed E-state index contributed by atoms with van der Waals surface area (Å²) in [6.45, 7) is 7.72. The largest absolute Gasteiger partial charge is 0.479 e. The van der Waals surface area contributed by atoms with Gasteiger partial charge in [0.15, 0.2) is 18.0 Å². The van der Waals surface area contributed by atoms with E-state index in [-0.39, 0.29) is 11.5 Å². The third-order valence-electron chi connectivity index (χ3n) is 4.16. The van der Waals surface area contributed by atoms with Crippen molar-refractivity contribution in [1.29, 1.82) is 0 Å². The van der Waals surface area contributed by atoms with E-state index in [2.05, 4.69) is 4.98 Å². The number of aryl methyl sites for hydroxylation is 1. The summed E-state index contributed by atoms with van der Waals surface area (Å²) >= 11 is 0. The molecule has 0 aliphatic carbocycles. The first-order valence-corrected chi connectivity index (χ1v) is 8.48. The van der Waals surface area contributed by atoms with Crippen LogP contribution in [0.2, 0.25) is 0 Å². The van der Waals surface area contributed by atoms with E-state index in [0.717, 1.165) is 0 Å². The molecule has 6 nitrogen and oxygen atoms in total. The Kier molecular flexibility index (Phi) is 6.15. The molecule has 0 saturated carbocycles. The second-order valence-electron chi connectivity index (χ2n) is 6.34. The van der Waals surface area contributed by atoms with Crippen molar-refractivity contribution in [2.24, 2.45) is 0 Å². The van der Waals surface area contributed by atoms with Crippen LogP contribution in [0.4, 0.5) is 4.39 Å². The van der Waals surface area contributed by atoms with Crippen LogP contribution in [-0.2, 0) is 9.53 Å². The number of H-pyrrole nitrogens is 1. The van der Waals surface area contributed by atoms with E-state index >= 15 is 0 Å². The number of rotatable bonds is 7. The van der Waals surface area contributed by atoms with Crippen molar-refractivity contribution >= 4 is 17.5 Å². The topological polar surface area (TPSA) is 85.5 Å². The van der Waals surface area contributed by atoms with Gasteiger partial charge in [-0.3, -0.25) is 9.59 Å². The summed E-state index contributed by atoms with van der Waals surface area (Å²) in [7, 11) is 0. The average molecular weight is 375 g/mol. The van der Waals surface area contributed by atoms with Crippen molar-refractivity contribution in [3.05, 3.63) is 52.6 Å². The maximum absolute atomic E-state index is 12.9. The predicted octanol–water partition coefficient (Wildman–Crippen LogP) is 3.56. The van der Waals surface area contributed by atoms with Gasteiger partial charge in [-0.15, -0.1) is 0 Å². The number of hydrogen-bond acceptors (Lipinski definition) is 5. The van der Waals surface area contributed by atoms with Gasteiger partial charge in [0.2, 0.25) is 5.78 Å². The van der Waals surface area contributed by atoms with Gasteiger partial charge < -0.3 is 14.5 Å². The van der Waals surface area contributed by atoms with Crippen LogP contribution in [0, 0.1) is 19.7 Å². The average Bonchev–Trinajstić information content (AvgIpc) is 2.90. The van der Waals surface area contributed by atoms with Crippen molar-refractivity contribution in [3.8, 4) is 5.75 Å². The number of carbonyl (C=O) groups is 3. The van der Waals surface area contributed by atoms with Crippen LogP contribution in [-0.4, -0.2) is 34.7 Å². The molecule has 0 unspecified atom stereocenters. The molecule has 144 valence electrons. The molecule has 7 heteroatoms. The standard InChI is InChI=1S/C20H22FNO5/c1-10-17(12(3)23)11(2)22-18(10)19(24)13(4)27-20(25)14(5)26-16-8-6-15(21)7-9-16/h6-9,13-14,22H,1-5H3/t13-,14+/m0/s1. The molecule has 0 spiro atoms. The highest BCUT2D eigenvalue weighted by molar-refractivity contribution is 6.05. The molecule has 2 aromatic rings. The predicted molar refractivity (Wildman–Crippen MR) is 96.6 cm³/mol. The van der Waals surface area contributed by atoms with Crippen molar-refractivity contribution < 1.29 is 28.2 Å². The maximum atomic E-state index is 12.9. The normalized spacial score (nSPS) is 13.0. The first-order valence-electron chi connectivity index (χ1n) is 8.48. The number of nitrogens with one attached hydrogen (secondary N) is 1. The van der Waals surface area contributed by atoms with Crippen LogP contribution in [0.5, 0.6) is 5.75 Å². The Morgan fingerprint density at radius 2 is 1.63 bits per heavy atom. The van der Waals surface area contributed by atoms with Crippen LogP contribution < -0.4 is 4.74 Å². The van der Waals surface area contributed by atoms with E-state index < -0.39 is 29.8 Å². The number of hydrogen-bond donors (Lipinski definition) is 1. The van der Waals surface area contributed by atoms with Crippen LogP contribution in [0.1, 0.15) is 52.9 Å². The van der Waals surface area contributed by atoms with E-state index in [1.54, 1.807) is 13.8 Å². The summed E-state index contributed by atoms with van der Waals surface area (Å²) in [6.07, 6.45) is -2.04. The van der Waals surface area contributed by atoms with Gasteiger partial charge in [-0.2, -0.15) is 0 Å². The number of ether oxygens (including phenoxy) is 2. The lowest BCUT2D eigenvalue weighted by molar-refractivity contribution is -0.153. The number of Topliss-reactive ketones (excluding diaryl/α,β-unsaturated/α-hetero) is 2. The van der Waals surface area contributed by atoms with Crippen molar-refractivity contribution in [1.82, 2.24) is 4.98 Å². The second-order valence-corrected chi connectivity index (χ2v) is 6.34. The van der Waals surface area contributed by atoms with Gasteiger partial charge in [0.05, 0.1) is 5.69 Å². The quantitative estimate of drug-likeness (QED) is 0.591. The second kappa shape index (κ2) is 8.16. The third kappa shape index (κ3) is 4.61. The number of esters is 1. The Bertz CT molecular complexity index is 869. The monoisotopic (exact) mass is 375 g/mol. The van der Waals surface area contributed by atoms with Gasteiger partial charge >= 0.3 is 5.97 Å². The fraction of sp³-hybridized carbons (Fsp3) is 0.350. The lowest BCUT2D eigenvalue weighted by Gasteiger charge is -2.17. The third-order valence-corrected chi connectivity index (χ3v) is 4.16. The number of benzene rings is 1. The van der Waals surface area contributed by atoms with E-state index in [9.17, 15) is 18.8 Å². The van der Waals surface area contributed by atoms with Gasteiger partial charge in [-0.1, -0.05) is 0 Å². The zero-order chi connectivity index (χ0) is 20.3. The van der Waals surface area contributed by atoms with E-state index in [1.165, 1.54) is 45.0 Å². The summed E-state index contributed by atoms with van der Waals surface area (Å²) < 4.78 is 23.5. The first-order chi connectivity index (χ1) is 12.6. The van der Waals surface area contributed by atoms with Crippen LogP contribution in [0.25, 0.3) is 0 Å². The number of aromatic amines is 1. The number of ketones is 2. The highest BCUT2D eigenvalue weighted by Crippen LogP contribution is 2.21. The molecule has 1 N–H and O–H groups in total. The van der Waals surface area contributed by atoms with E-state index in [4.69, 9.17) is 9.47 Å². The molecule has 0 radical (unpaired) electrons. The van der Waals surface area contributed by atoms with Crippen LogP contribution in [0.15, 0.2) is 24.3 Å². The Balaban J connectivity index is 2.05. The molecule has 0 aliphatic rings. The summed E-state index contributed by atoms with van der Waals surface area (Å²) in [5.74, 6) is -1.43. The van der Waals surface area contributed by atoms with E-state index in [0.29, 0.717) is 22.6 Å². The minimum atomic E-state index is -1.06. The van der Waals surface area contributed by atoms with Gasteiger partial charge in [0, 0.05) is 11.3 Å². The Labute approximate surface area is 156 Å². The van der Waals surface area contributed by atoms with Crippen molar-refractivity contribution in [2.45, 2.75) is 46.8 Å². The molecule has 2 atom stereocenters. The lowest BCUT2D eigenvalue weighted by atomic mass is 10.0. The van der Waals surface area contributed by atoms with Crippen molar-refractivity contribution in [2.75, 3.05) is 0 Å². The summed E-state index contributed by atoms with van der Waals surface area (Å²) in [6, 6.07) is 5.20. The molecule has 27 heavy (non-hydrogen) atoms. The fourth-order valence-electron chi connectivity index (χ4n) is 2.82. The highest BCUT2D eigenvalue weighted by atomic mass is 19.1. The molecule has 0 aliphatic heterocycles. The molecule has 1 aromatic heterocycles. The number of halogens is 1. The molecular formula is C20H22FNO5. The fourth-order valence-corrected chi connectivity index (χ4v) is 2.82. The van der Waals surface area contributed by atoms with Gasteiger partial charge in [-0.25, -0.2) is 9.18 Å². The minimum absolute atomic E-state index is 0.147. The molecule has 0 amide bonds. The van der Waals surface area contributed by atoms with Gasteiger partial charge in [0.25, 0.3) is 0 Å². The molecule has 1 aromatic carbocycles. The zero-order valence-electron chi connectivity index (χ0n) is 15.9. The SMILES string of the molecule is CC(=O)c1c(C)[nH]c(C(=O)[C@H](C)OC(=O)[C@@H](C)Oc2ccc(F)cc2)c1C. The van der Waals surface area contributed by atoms with Gasteiger partial charge in [-0.05, 0) is 64.4 Å². The summed E-state index contributed by atoms with van der Waals surface area (Å²) in [5, 5.41) is 0. The number of aromatic nitrogens is 1. The maximum Gasteiger partial charge on any atom is 0.347 e. The lowest BCUT2D eigenvalue weighted by Crippen LogP contribution is -2.33. The Morgan fingerprint density at radius 3 is 2.15 bits per heavy atom. The van der Waals surface area contributed by atoms with Gasteiger partial charge in [0.1, 0.15) is 11.6 Å².